The number of methoxy groups -OCH3 is 1. The van der Waals surface area contributed by atoms with Gasteiger partial charge in [0.15, 0.2) is 11.9 Å². The number of nitrogens with one attached hydrogen (secondary N) is 1. The molecule has 0 spiro atoms. The normalized spacial score (nSPS) is 11.4. The molecule has 0 aliphatic carbocycles. The number of aryl methyl sites for hydroxylation is 1. The fourth-order valence-corrected chi connectivity index (χ4v) is 2.38. The minimum Gasteiger partial charge on any atom is -0.474 e. The molecule has 0 heterocycles. The Morgan fingerprint density at radius 1 is 1.22 bits per heavy atom. The van der Waals surface area contributed by atoms with Crippen LogP contribution in [0, 0.1) is 17.0 Å². The smallest absolute Gasteiger partial charge is 0.338 e. The second-order valence-electron chi connectivity index (χ2n) is 5.64. The highest BCUT2D eigenvalue weighted by molar-refractivity contribution is 6.31. The molecule has 8 nitrogen and oxygen atoms in total. The Labute approximate surface area is 160 Å². The molecule has 0 bridgehead atoms. The predicted molar refractivity (Wildman–Crippen MR) is 99.3 cm³/mol. The van der Waals surface area contributed by atoms with Gasteiger partial charge >= 0.3 is 11.7 Å². The monoisotopic (exact) mass is 392 g/mol. The van der Waals surface area contributed by atoms with Gasteiger partial charge in [-0.15, -0.1) is 0 Å². The van der Waals surface area contributed by atoms with E-state index in [-0.39, 0.29) is 11.3 Å². The number of anilines is 1. The zero-order chi connectivity index (χ0) is 20.1. The number of amides is 1. The van der Waals surface area contributed by atoms with Crippen molar-refractivity contribution in [2.75, 3.05) is 12.4 Å². The molecule has 0 aliphatic rings. The van der Waals surface area contributed by atoms with Crippen molar-refractivity contribution in [2.24, 2.45) is 0 Å². The number of halogens is 1. The molecule has 1 amide bonds. The number of nitro groups is 1. The van der Waals surface area contributed by atoms with Crippen LogP contribution in [-0.2, 0) is 9.53 Å². The summed E-state index contributed by atoms with van der Waals surface area (Å²) in [6, 6.07) is 8.64. The lowest BCUT2D eigenvalue weighted by Gasteiger charge is -2.16. The molecule has 0 aromatic heterocycles. The molecular weight excluding hydrogens is 376 g/mol. The highest BCUT2D eigenvalue weighted by Gasteiger charge is 2.23. The topological polar surface area (TPSA) is 108 Å². The van der Waals surface area contributed by atoms with Crippen molar-refractivity contribution in [1.82, 2.24) is 0 Å². The Kier molecular flexibility index (Phi) is 6.36. The summed E-state index contributed by atoms with van der Waals surface area (Å²) in [4.78, 5) is 34.5. The first-order valence-corrected chi connectivity index (χ1v) is 8.21. The summed E-state index contributed by atoms with van der Waals surface area (Å²) < 4.78 is 9.98. The van der Waals surface area contributed by atoms with Crippen LogP contribution in [0.1, 0.15) is 22.8 Å². The van der Waals surface area contributed by atoms with E-state index in [1.54, 1.807) is 25.1 Å². The molecule has 142 valence electrons. The summed E-state index contributed by atoms with van der Waals surface area (Å²) in [5.41, 5.74) is 0.867. The molecule has 0 saturated heterocycles. The minimum absolute atomic E-state index is 0.00297. The maximum atomic E-state index is 12.4. The van der Waals surface area contributed by atoms with Gasteiger partial charge in [-0.25, -0.2) is 4.79 Å². The second kappa shape index (κ2) is 8.50. The van der Waals surface area contributed by atoms with Gasteiger partial charge in [0.25, 0.3) is 5.91 Å². The summed E-state index contributed by atoms with van der Waals surface area (Å²) in [5, 5.41) is 14.4. The number of ether oxygens (including phenoxy) is 2. The maximum absolute atomic E-state index is 12.4. The van der Waals surface area contributed by atoms with E-state index in [1.807, 2.05) is 0 Å². The first kappa shape index (κ1) is 20.2. The standard InChI is InChI=1S/C18H17ClN2O6/c1-10-4-6-13(19)9-14(10)20-17(22)11(2)27-16-7-5-12(18(23)26-3)8-15(16)21(24)25/h4-9,11H,1-3H3,(H,20,22)/t11-/m1/s1. The largest absolute Gasteiger partial charge is 0.474 e. The number of esters is 1. The van der Waals surface area contributed by atoms with E-state index in [0.29, 0.717) is 10.7 Å². The van der Waals surface area contributed by atoms with E-state index in [0.717, 1.165) is 11.6 Å². The Balaban J connectivity index is 2.20. The molecule has 27 heavy (non-hydrogen) atoms. The Bertz CT molecular complexity index is 899. The van der Waals surface area contributed by atoms with Crippen molar-refractivity contribution in [3.8, 4) is 5.75 Å². The van der Waals surface area contributed by atoms with Crippen molar-refractivity contribution in [1.29, 1.82) is 0 Å². The van der Waals surface area contributed by atoms with E-state index in [4.69, 9.17) is 16.3 Å². The van der Waals surface area contributed by atoms with Crippen molar-refractivity contribution in [3.63, 3.8) is 0 Å². The molecule has 0 saturated carbocycles. The Morgan fingerprint density at radius 3 is 2.56 bits per heavy atom. The van der Waals surface area contributed by atoms with Crippen molar-refractivity contribution >= 4 is 34.9 Å². The molecule has 0 unspecified atom stereocenters. The van der Waals surface area contributed by atoms with Crippen LogP contribution < -0.4 is 10.1 Å². The van der Waals surface area contributed by atoms with Crippen LogP contribution in [0.15, 0.2) is 36.4 Å². The van der Waals surface area contributed by atoms with Gasteiger partial charge < -0.3 is 14.8 Å². The third kappa shape index (κ3) is 4.95. The zero-order valence-corrected chi connectivity index (χ0v) is 15.6. The molecule has 9 heteroatoms. The average molecular weight is 393 g/mol. The number of rotatable bonds is 6. The fraction of sp³-hybridized carbons (Fsp3) is 0.222. The highest BCUT2D eigenvalue weighted by atomic mass is 35.5. The summed E-state index contributed by atoms with van der Waals surface area (Å²) in [7, 11) is 1.17. The number of hydrogen-bond acceptors (Lipinski definition) is 6. The first-order valence-electron chi connectivity index (χ1n) is 7.83. The van der Waals surface area contributed by atoms with Crippen LogP contribution in [-0.4, -0.2) is 30.0 Å². The first-order chi connectivity index (χ1) is 12.7. The number of benzene rings is 2. The van der Waals surface area contributed by atoms with Gasteiger partial charge in [-0.2, -0.15) is 0 Å². The third-order valence-electron chi connectivity index (χ3n) is 3.71. The lowest BCUT2D eigenvalue weighted by molar-refractivity contribution is -0.386. The van der Waals surface area contributed by atoms with Gasteiger partial charge in [0, 0.05) is 16.8 Å². The van der Waals surface area contributed by atoms with Crippen LogP contribution in [0.4, 0.5) is 11.4 Å². The second-order valence-corrected chi connectivity index (χ2v) is 6.08. The van der Waals surface area contributed by atoms with Gasteiger partial charge in [0.2, 0.25) is 0 Å². The zero-order valence-electron chi connectivity index (χ0n) is 14.8. The maximum Gasteiger partial charge on any atom is 0.338 e. The van der Waals surface area contributed by atoms with Gasteiger partial charge in [0.1, 0.15) is 0 Å². The predicted octanol–water partition coefficient (Wildman–Crippen LogP) is 3.75. The van der Waals surface area contributed by atoms with Gasteiger partial charge in [-0.1, -0.05) is 17.7 Å². The summed E-state index contributed by atoms with van der Waals surface area (Å²) >= 11 is 5.92. The molecule has 2 rings (SSSR count). The van der Waals surface area contributed by atoms with Crippen LogP contribution in [0.5, 0.6) is 5.75 Å². The molecule has 0 fully saturated rings. The number of carbonyl (C=O) groups excluding carboxylic acids is 2. The van der Waals surface area contributed by atoms with Crippen LogP contribution >= 0.6 is 11.6 Å². The number of nitro benzene ring substituents is 1. The SMILES string of the molecule is COC(=O)c1ccc(O[C@H](C)C(=O)Nc2cc(Cl)ccc2C)c([N+](=O)[O-])c1. The van der Waals surface area contributed by atoms with Gasteiger partial charge in [-0.3, -0.25) is 14.9 Å². The lowest BCUT2D eigenvalue weighted by Crippen LogP contribution is -2.30. The van der Waals surface area contributed by atoms with Crippen molar-refractivity contribution in [3.05, 3.63) is 62.7 Å². The quantitative estimate of drug-likeness (QED) is 0.455. The molecular formula is C18H17ClN2O6. The van der Waals surface area contributed by atoms with E-state index in [2.05, 4.69) is 10.1 Å². The lowest BCUT2D eigenvalue weighted by atomic mass is 10.2. The molecule has 2 aromatic rings. The molecule has 1 N–H and O–H groups in total. The average Bonchev–Trinajstić information content (AvgIpc) is 2.64. The Morgan fingerprint density at radius 2 is 1.93 bits per heavy atom. The number of carbonyl (C=O) groups is 2. The van der Waals surface area contributed by atoms with E-state index in [1.165, 1.54) is 26.2 Å². The number of hydrogen-bond donors (Lipinski definition) is 1. The van der Waals surface area contributed by atoms with Crippen LogP contribution in [0.3, 0.4) is 0 Å². The highest BCUT2D eigenvalue weighted by Crippen LogP contribution is 2.29. The van der Waals surface area contributed by atoms with Crippen molar-refractivity contribution < 1.29 is 24.0 Å². The molecule has 0 radical (unpaired) electrons. The molecule has 1 atom stereocenters. The van der Waals surface area contributed by atoms with Crippen LogP contribution in [0.25, 0.3) is 0 Å². The minimum atomic E-state index is -1.04. The summed E-state index contributed by atoms with van der Waals surface area (Å²) in [6.45, 7) is 3.25. The van der Waals surface area contributed by atoms with E-state index < -0.39 is 28.6 Å². The van der Waals surface area contributed by atoms with Crippen molar-refractivity contribution in [2.45, 2.75) is 20.0 Å². The summed E-state index contributed by atoms with van der Waals surface area (Å²) in [6.07, 6.45) is -1.04. The molecule has 0 aliphatic heterocycles. The van der Waals surface area contributed by atoms with E-state index in [9.17, 15) is 19.7 Å². The third-order valence-corrected chi connectivity index (χ3v) is 3.94. The summed E-state index contributed by atoms with van der Waals surface area (Å²) in [5.74, 6) is -1.36. The van der Waals surface area contributed by atoms with E-state index >= 15 is 0 Å². The fourth-order valence-electron chi connectivity index (χ4n) is 2.21. The van der Waals surface area contributed by atoms with Crippen LogP contribution in [0.2, 0.25) is 5.02 Å². The Hall–Kier alpha value is -3.13. The number of nitrogens with zero attached hydrogens (tertiary/aromatic N) is 1. The van der Waals surface area contributed by atoms with Gasteiger partial charge in [0.05, 0.1) is 17.6 Å². The van der Waals surface area contributed by atoms with Gasteiger partial charge in [-0.05, 0) is 43.7 Å². The molecule has 2 aromatic carbocycles.